The molecule has 2 aromatic rings. The highest BCUT2D eigenvalue weighted by atomic mass is 16.2. The fourth-order valence-corrected chi connectivity index (χ4v) is 1.87. The second-order valence-electron chi connectivity index (χ2n) is 4.55. The number of hydrogen-bond donors (Lipinski definition) is 0. The molecule has 0 N–H and O–H groups in total. The van der Waals surface area contributed by atoms with Crippen LogP contribution in [-0.4, -0.2) is 39.1 Å². The predicted octanol–water partition coefficient (Wildman–Crippen LogP) is 1.31. The minimum absolute atomic E-state index is 0.0298. The number of aldehydes is 1. The summed E-state index contributed by atoms with van der Waals surface area (Å²) in [5.74, 6) is -0.0938. The molecule has 1 amide bonds. The Kier molecular flexibility index (Phi) is 4.24. The highest BCUT2D eigenvalue weighted by Gasteiger charge is 2.18. The third-order valence-corrected chi connectivity index (χ3v) is 3.23. The molecule has 1 atom stereocenters. The van der Waals surface area contributed by atoms with Crippen LogP contribution in [0.3, 0.4) is 0 Å². The number of rotatable bonds is 5. The predicted molar refractivity (Wildman–Crippen MR) is 73.0 cm³/mol. The van der Waals surface area contributed by atoms with E-state index in [4.69, 9.17) is 0 Å². The number of carbonyl (C=O) groups excluding carboxylic acids is 2. The van der Waals surface area contributed by atoms with Gasteiger partial charge in [0.15, 0.2) is 6.29 Å². The summed E-state index contributed by atoms with van der Waals surface area (Å²) >= 11 is 0. The number of carbonyl (C=O) groups is 2. The summed E-state index contributed by atoms with van der Waals surface area (Å²) < 4.78 is 1.36. The molecule has 0 spiro atoms. The summed E-state index contributed by atoms with van der Waals surface area (Å²) in [6, 6.07) is 9.75. The van der Waals surface area contributed by atoms with Crippen molar-refractivity contribution >= 4 is 12.2 Å². The first kappa shape index (κ1) is 13.9. The summed E-state index contributed by atoms with van der Waals surface area (Å²) in [6.45, 7) is 2.03. The summed E-state index contributed by atoms with van der Waals surface area (Å²) in [4.78, 5) is 24.3. The molecule has 0 aliphatic heterocycles. The van der Waals surface area contributed by atoms with Crippen LogP contribution in [0, 0.1) is 0 Å². The Balaban J connectivity index is 2.03. The molecule has 1 unspecified atom stereocenters. The molecule has 0 aliphatic carbocycles. The smallest absolute Gasteiger partial charge is 0.244 e. The molecule has 0 bridgehead atoms. The summed E-state index contributed by atoms with van der Waals surface area (Å²) in [7, 11) is 1.75. The van der Waals surface area contributed by atoms with Gasteiger partial charge in [-0.1, -0.05) is 35.5 Å². The van der Waals surface area contributed by atoms with Gasteiger partial charge in [-0.3, -0.25) is 9.59 Å². The van der Waals surface area contributed by atoms with E-state index < -0.39 is 0 Å². The van der Waals surface area contributed by atoms with Gasteiger partial charge >= 0.3 is 0 Å². The quantitative estimate of drug-likeness (QED) is 0.770. The zero-order valence-corrected chi connectivity index (χ0v) is 11.4. The lowest BCUT2D eigenvalue weighted by molar-refractivity contribution is -0.132. The van der Waals surface area contributed by atoms with E-state index >= 15 is 0 Å². The molecular weight excluding hydrogens is 256 g/mol. The maximum Gasteiger partial charge on any atom is 0.244 e. The van der Waals surface area contributed by atoms with Crippen LogP contribution in [0.15, 0.2) is 36.5 Å². The highest BCUT2D eigenvalue weighted by Crippen LogP contribution is 2.18. The van der Waals surface area contributed by atoms with Crippen molar-refractivity contribution in [2.24, 2.45) is 0 Å². The lowest BCUT2D eigenvalue weighted by atomic mass is 10.1. The van der Waals surface area contributed by atoms with E-state index in [1.54, 1.807) is 11.9 Å². The maximum absolute atomic E-state index is 12.2. The van der Waals surface area contributed by atoms with Crippen LogP contribution in [0.1, 0.15) is 29.0 Å². The zero-order chi connectivity index (χ0) is 14.5. The fraction of sp³-hybridized carbons (Fsp3) is 0.286. The lowest BCUT2D eigenvalue weighted by Crippen LogP contribution is -2.32. The van der Waals surface area contributed by atoms with Crippen LogP contribution in [0.2, 0.25) is 0 Å². The van der Waals surface area contributed by atoms with Crippen molar-refractivity contribution in [1.29, 1.82) is 0 Å². The van der Waals surface area contributed by atoms with Crippen molar-refractivity contribution in [2.75, 3.05) is 7.05 Å². The van der Waals surface area contributed by atoms with Crippen LogP contribution in [-0.2, 0) is 11.3 Å². The SMILES string of the molecule is CC(c1ccccc1)N(C)C(=O)Cn1cc(C=O)nn1. The fourth-order valence-electron chi connectivity index (χ4n) is 1.87. The second kappa shape index (κ2) is 6.10. The molecular formula is C14H16N4O2. The van der Waals surface area contributed by atoms with E-state index in [1.165, 1.54) is 10.9 Å². The molecule has 2 rings (SSSR count). The van der Waals surface area contributed by atoms with E-state index in [-0.39, 0.29) is 24.2 Å². The van der Waals surface area contributed by atoms with Gasteiger partial charge in [-0.25, -0.2) is 4.68 Å². The Labute approximate surface area is 117 Å². The third kappa shape index (κ3) is 3.09. The molecule has 0 fully saturated rings. The third-order valence-electron chi connectivity index (χ3n) is 3.23. The van der Waals surface area contributed by atoms with Crippen LogP contribution < -0.4 is 0 Å². The molecule has 1 heterocycles. The Morgan fingerprint density at radius 2 is 2.10 bits per heavy atom. The van der Waals surface area contributed by atoms with Crippen molar-refractivity contribution in [2.45, 2.75) is 19.5 Å². The van der Waals surface area contributed by atoms with Crippen molar-refractivity contribution in [3.05, 3.63) is 47.8 Å². The minimum Gasteiger partial charge on any atom is -0.337 e. The van der Waals surface area contributed by atoms with Crippen molar-refractivity contribution < 1.29 is 9.59 Å². The van der Waals surface area contributed by atoms with Crippen molar-refractivity contribution in [1.82, 2.24) is 19.9 Å². The van der Waals surface area contributed by atoms with E-state index in [2.05, 4.69) is 10.3 Å². The molecule has 6 nitrogen and oxygen atoms in total. The Hall–Kier alpha value is -2.50. The zero-order valence-electron chi connectivity index (χ0n) is 11.4. The van der Waals surface area contributed by atoms with Gasteiger partial charge in [-0.15, -0.1) is 5.10 Å². The Morgan fingerprint density at radius 3 is 2.70 bits per heavy atom. The normalized spacial score (nSPS) is 11.9. The van der Waals surface area contributed by atoms with Gasteiger partial charge in [-0.2, -0.15) is 0 Å². The number of hydrogen-bond acceptors (Lipinski definition) is 4. The highest BCUT2D eigenvalue weighted by molar-refractivity contribution is 5.76. The number of likely N-dealkylation sites (N-methyl/N-ethyl adjacent to an activating group) is 1. The van der Waals surface area contributed by atoms with Gasteiger partial charge in [0.05, 0.1) is 12.2 Å². The lowest BCUT2D eigenvalue weighted by Gasteiger charge is -2.25. The molecule has 1 aromatic heterocycles. The average Bonchev–Trinajstić information content (AvgIpc) is 2.94. The molecule has 0 radical (unpaired) electrons. The second-order valence-corrected chi connectivity index (χ2v) is 4.55. The van der Waals surface area contributed by atoms with Gasteiger partial charge in [-0.05, 0) is 12.5 Å². The number of aromatic nitrogens is 3. The van der Waals surface area contributed by atoms with Crippen LogP contribution in [0.4, 0.5) is 0 Å². The topological polar surface area (TPSA) is 68.1 Å². The number of amides is 1. The minimum atomic E-state index is -0.0938. The summed E-state index contributed by atoms with van der Waals surface area (Å²) in [5, 5.41) is 7.35. The molecule has 0 aliphatic rings. The van der Waals surface area contributed by atoms with E-state index in [1.807, 2.05) is 37.3 Å². The number of nitrogens with zero attached hydrogens (tertiary/aromatic N) is 4. The summed E-state index contributed by atoms with van der Waals surface area (Å²) in [5.41, 5.74) is 1.28. The van der Waals surface area contributed by atoms with Crippen LogP contribution in [0.5, 0.6) is 0 Å². The standard InChI is InChI=1S/C14H16N4O2/c1-11(12-6-4-3-5-7-12)17(2)14(20)9-18-8-13(10-19)15-16-18/h3-8,10-11H,9H2,1-2H3. The molecule has 6 heteroatoms. The largest absolute Gasteiger partial charge is 0.337 e. The van der Waals surface area contributed by atoms with Crippen LogP contribution in [0.25, 0.3) is 0 Å². The van der Waals surface area contributed by atoms with Crippen molar-refractivity contribution in [3.8, 4) is 0 Å². The first-order valence-corrected chi connectivity index (χ1v) is 6.27. The first-order valence-electron chi connectivity index (χ1n) is 6.27. The van der Waals surface area contributed by atoms with Gasteiger partial charge in [0.2, 0.25) is 5.91 Å². The van der Waals surface area contributed by atoms with Gasteiger partial charge < -0.3 is 4.90 Å². The van der Waals surface area contributed by atoms with E-state index in [0.717, 1.165) is 5.56 Å². The molecule has 0 saturated carbocycles. The average molecular weight is 272 g/mol. The molecule has 0 saturated heterocycles. The van der Waals surface area contributed by atoms with Crippen LogP contribution >= 0.6 is 0 Å². The molecule has 104 valence electrons. The first-order chi connectivity index (χ1) is 9.61. The molecule has 20 heavy (non-hydrogen) atoms. The van der Waals surface area contributed by atoms with Gasteiger partial charge in [0.25, 0.3) is 0 Å². The maximum atomic E-state index is 12.2. The Morgan fingerprint density at radius 1 is 1.40 bits per heavy atom. The number of benzene rings is 1. The molecule has 1 aromatic carbocycles. The van der Waals surface area contributed by atoms with E-state index in [9.17, 15) is 9.59 Å². The summed E-state index contributed by atoms with van der Waals surface area (Å²) in [6.07, 6.45) is 2.05. The monoisotopic (exact) mass is 272 g/mol. The Bertz CT molecular complexity index is 594. The van der Waals surface area contributed by atoms with E-state index in [0.29, 0.717) is 6.29 Å². The van der Waals surface area contributed by atoms with Gasteiger partial charge in [0.1, 0.15) is 12.2 Å². The van der Waals surface area contributed by atoms with Gasteiger partial charge in [0, 0.05) is 7.05 Å². The van der Waals surface area contributed by atoms with Crippen molar-refractivity contribution in [3.63, 3.8) is 0 Å².